The average molecular weight is 347 g/mol. The van der Waals surface area contributed by atoms with E-state index >= 15 is 0 Å². The van der Waals surface area contributed by atoms with E-state index < -0.39 is 5.91 Å². The minimum absolute atomic E-state index is 0.0147. The number of carbonyl (C=O) groups is 1. The molecule has 0 saturated heterocycles. The molecule has 0 unspecified atom stereocenters. The first-order valence-corrected chi connectivity index (χ1v) is 8.36. The maximum absolute atomic E-state index is 12.3. The van der Waals surface area contributed by atoms with Crippen LogP contribution in [0.1, 0.15) is 16.4 Å². The van der Waals surface area contributed by atoms with Crippen LogP contribution in [0.2, 0.25) is 0 Å². The second-order valence-electron chi connectivity index (χ2n) is 6.03. The largest absolute Gasteiger partial charge is 0.451 e. The molecule has 0 aliphatic rings. The van der Waals surface area contributed by atoms with E-state index in [4.69, 9.17) is 4.42 Å². The highest BCUT2D eigenvalue weighted by Crippen LogP contribution is 2.15. The Kier molecular flexibility index (Phi) is 4.01. The van der Waals surface area contributed by atoms with E-state index in [9.17, 15) is 9.59 Å². The van der Waals surface area contributed by atoms with E-state index in [-0.39, 0.29) is 11.2 Å². The SMILES string of the molecule is Cc1nc2ccccc2n1CCNC(=O)c1cc(=O)c2ccccc2o1. The smallest absolute Gasteiger partial charge is 0.287 e. The number of carbonyl (C=O) groups excluding carboxylic acids is 1. The van der Waals surface area contributed by atoms with Gasteiger partial charge in [0.25, 0.3) is 5.91 Å². The van der Waals surface area contributed by atoms with Crippen molar-refractivity contribution in [1.29, 1.82) is 0 Å². The van der Waals surface area contributed by atoms with Gasteiger partial charge in [-0.05, 0) is 31.2 Å². The highest BCUT2D eigenvalue weighted by atomic mass is 16.3. The standard InChI is InChI=1S/C20H17N3O3/c1-13-22-15-7-3-4-8-16(15)23(13)11-10-21-20(25)19-12-17(24)14-6-2-5-9-18(14)26-19/h2-9,12H,10-11H2,1H3,(H,21,25). The second-order valence-corrected chi connectivity index (χ2v) is 6.03. The number of aryl methyl sites for hydroxylation is 1. The lowest BCUT2D eigenvalue weighted by atomic mass is 10.2. The molecule has 0 aliphatic carbocycles. The van der Waals surface area contributed by atoms with Gasteiger partial charge in [-0.2, -0.15) is 0 Å². The lowest BCUT2D eigenvalue weighted by Gasteiger charge is -2.08. The number of hydrogen-bond donors (Lipinski definition) is 1. The number of benzene rings is 2. The zero-order valence-corrected chi connectivity index (χ0v) is 14.2. The van der Waals surface area contributed by atoms with Crippen molar-refractivity contribution in [1.82, 2.24) is 14.9 Å². The summed E-state index contributed by atoms with van der Waals surface area (Å²) in [5, 5.41) is 3.26. The summed E-state index contributed by atoms with van der Waals surface area (Å²) in [4.78, 5) is 29.0. The van der Waals surface area contributed by atoms with Crippen molar-refractivity contribution in [2.24, 2.45) is 0 Å². The first-order chi connectivity index (χ1) is 12.6. The van der Waals surface area contributed by atoms with E-state index in [0.29, 0.717) is 24.1 Å². The van der Waals surface area contributed by atoms with E-state index in [2.05, 4.69) is 10.3 Å². The molecule has 130 valence electrons. The van der Waals surface area contributed by atoms with Crippen molar-refractivity contribution in [2.75, 3.05) is 6.54 Å². The zero-order valence-electron chi connectivity index (χ0n) is 14.2. The van der Waals surface area contributed by atoms with Crippen LogP contribution in [0.25, 0.3) is 22.0 Å². The molecule has 0 bridgehead atoms. The third-order valence-electron chi connectivity index (χ3n) is 4.32. The van der Waals surface area contributed by atoms with Crippen LogP contribution in [0.4, 0.5) is 0 Å². The average Bonchev–Trinajstić information content (AvgIpc) is 2.97. The van der Waals surface area contributed by atoms with Crippen LogP contribution < -0.4 is 10.7 Å². The molecule has 0 spiro atoms. The number of nitrogens with zero attached hydrogens (tertiary/aromatic N) is 2. The maximum Gasteiger partial charge on any atom is 0.287 e. The van der Waals surface area contributed by atoms with Gasteiger partial charge in [-0.15, -0.1) is 0 Å². The molecule has 2 heterocycles. The summed E-state index contributed by atoms with van der Waals surface area (Å²) in [5.74, 6) is 0.494. The third-order valence-corrected chi connectivity index (χ3v) is 4.32. The maximum atomic E-state index is 12.3. The summed E-state index contributed by atoms with van der Waals surface area (Å²) in [5.41, 5.74) is 2.13. The van der Waals surface area contributed by atoms with Crippen molar-refractivity contribution in [2.45, 2.75) is 13.5 Å². The molecular weight excluding hydrogens is 330 g/mol. The fourth-order valence-corrected chi connectivity index (χ4v) is 3.06. The number of imidazole rings is 1. The molecule has 1 N–H and O–H groups in total. The van der Waals surface area contributed by atoms with E-state index in [1.807, 2.05) is 35.8 Å². The summed E-state index contributed by atoms with van der Waals surface area (Å²) in [6, 6.07) is 16.0. The molecule has 4 aromatic rings. The Morgan fingerprint density at radius 1 is 1.15 bits per heavy atom. The molecule has 0 radical (unpaired) electrons. The third kappa shape index (κ3) is 2.86. The lowest BCUT2D eigenvalue weighted by molar-refractivity contribution is 0.0925. The van der Waals surface area contributed by atoms with Crippen LogP contribution in [0, 0.1) is 6.92 Å². The molecule has 26 heavy (non-hydrogen) atoms. The van der Waals surface area contributed by atoms with Gasteiger partial charge in [0, 0.05) is 19.2 Å². The molecule has 4 rings (SSSR count). The Bertz CT molecular complexity index is 1170. The van der Waals surface area contributed by atoms with Crippen LogP contribution in [0.15, 0.2) is 63.8 Å². The van der Waals surface area contributed by atoms with Crippen molar-refractivity contribution in [3.05, 3.63) is 76.4 Å². The molecule has 6 nitrogen and oxygen atoms in total. The molecule has 2 aromatic heterocycles. The fourth-order valence-electron chi connectivity index (χ4n) is 3.06. The van der Waals surface area contributed by atoms with Gasteiger partial charge in [-0.25, -0.2) is 4.98 Å². The van der Waals surface area contributed by atoms with Crippen molar-refractivity contribution in [3.63, 3.8) is 0 Å². The van der Waals surface area contributed by atoms with Gasteiger partial charge < -0.3 is 14.3 Å². The summed E-state index contributed by atoms with van der Waals surface area (Å²) in [6.07, 6.45) is 0. The molecule has 0 atom stereocenters. The van der Waals surface area contributed by atoms with Crippen molar-refractivity contribution in [3.8, 4) is 0 Å². The molecule has 0 aliphatic heterocycles. The highest BCUT2D eigenvalue weighted by molar-refractivity contribution is 5.93. The monoisotopic (exact) mass is 347 g/mol. The van der Waals surface area contributed by atoms with Gasteiger partial charge in [-0.3, -0.25) is 9.59 Å². The van der Waals surface area contributed by atoms with Crippen LogP contribution in [-0.2, 0) is 6.54 Å². The Morgan fingerprint density at radius 3 is 2.81 bits per heavy atom. The number of aromatic nitrogens is 2. The first kappa shape index (κ1) is 16.1. The number of amides is 1. The van der Waals surface area contributed by atoms with Gasteiger partial charge in [0.05, 0.1) is 16.4 Å². The first-order valence-electron chi connectivity index (χ1n) is 8.36. The number of para-hydroxylation sites is 3. The molecule has 1 amide bonds. The van der Waals surface area contributed by atoms with Crippen molar-refractivity contribution < 1.29 is 9.21 Å². The molecule has 2 aromatic carbocycles. The minimum Gasteiger partial charge on any atom is -0.451 e. The highest BCUT2D eigenvalue weighted by Gasteiger charge is 2.12. The molecule has 6 heteroatoms. The number of rotatable bonds is 4. The quantitative estimate of drug-likeness (QED) is 0.616. The summed E-state index contributed by atoms with van der Waals surface area (Å²) < 4.78 is 7.60. The molecular formula is C20H17N3O3. The van der Waals surface area contributed by atoms with E-state index in [0.717, 1.165) is 16.9 Å². The topological polar surface area (TPSA) is 77.1 Å². The number of fused-ring (bicyclic) bond motifs is 2. The van der Waals surface area contributed by atoms with Gasteiger partial charge in [0.2, 0.25) is 0 Å². The van der Waals surface area contributed by atoms with Gasteiger partial charge in [0.15, 0.2) is 11.2 Å². The second kappa shape index (κ2) is 6.48. The van der Waals surface area contributed by atoms with Crippen LogP contribution in [0.5, 0.6) is 0 Å². The number of nitrogens with one attached hydrogen (secondary N) is 1. The Labute approximate surface area is 149 Å². The zero-order chi connectivity index (χ0) is 18.1. The summed E-state index contributed by atoms with van der Waals surface area (Å²) in [6.45, 7) is 2.91. The molecule has 0 fully saturated rings. The van der Waals surface area contributed by atoms with Gasteiger partial charge in [0.1, 0.15) is 11.4 Å². The Hall–Kier alpha value is -3.41. The van der Waals surface area contributed by atoms with Gasteiger partial charge >= 0.3 is 0 Å². The fraction of sp³-hybridized carbons (Fsp3) is 0.150. The Balaban J connectivity index is 1.50. The summed E-state index contributed by atoms with van der Waals surface area (Å²) in [7, 11) is 0. The normalized spacial score (nSPS) is 11.1. The minimum atomic E-state index is -0.407. The number of hydrogen-bond acceptors (Lipinski definition) is 4. The van der Waals surface area contributed by atoms with Gasteiger partial charge in [-0.1, -0.05) is 24.3 Å². The van der Waals surface area contributed by atoms with Crippen LogP contribution in [0.3, 0.4) is 0 Å². The van der Waals surface area contributed by atoms with Crippen molar-refractivity contribution >= 4 is 27.9 Å². The predicted octanol–water partition coefficient (Wildman–Crippen LogP) is 2.88. The van der Waals surface area contributed by atoms with E-state index in [1.54, 1.807) is 24.3 Å². The lowest BCUT2D eigenvalue weighted by Crippen LogP contribution is -2.28. The van der Waals surface area contributed by atoms with Crippen LogP contribution >= 0.6 is 0 Å². The Morgan fingerprint density at radius 2 is 1.92 bits per heavy atom. The van der Waals surface area contributed by atoms with E-state index in [1.165, 1.54) is 6.07 Å². The van der Waals surface area contributed by atoms with Crippen LogP contribution in [-0.4, -0.2) is 22.0 Å². The summed E-state index contributed by atoms with van der Waals surface area (Å²) >= 11 is 0. The predicted molar refractivity (Wildman–Crippen MR) is 99.3 cm³/mol. The molecule has 0 saturated carbocycles.